The number of carbonyl (C=O) groups excluding carboxylic acids is 2. The van der Waals surface area contributed by atoms with E-state index in [-0.39, 0.29) is 18.3 Å². The quantitative estimate of drug-likeness (QED) is 0.862. The van der Waals surface area contributed by atoms with E-state index in [0.717, 1.165) is 6.42 Å². The second-order valence-electron chi connectivity index (χ2n) is 4.81. The van der Waals surface area contributed by atoms with E-state index in [4.69, 9.17) is 16.3 Å². The van der Waals surface area contributed by atoms with Crippen molar-refractivity contribution >= 4 is 29.0 Å². The molecule has 0 aliphatic carbocycles. The van der Waals surface area contributed by atoms with E-state index < -0.39 is 0 Å². The molecule has 2 rings (SSSR count). The van der Waals surface area contributed by atoms with Gasteiger partial charge in [0.15, 0.2) is 12.4 Å². The van der Waals surface area contributed by atoms with Crippen LogP contribution < -0.4 is 10.1 Å². The van der Waals surface area contributed by atoms with Gasteiger partial charge in [0, 0.05) is 12.0 Å². The lowest BCUT2D eigenvalue weighted by Crippen LogP contribution is -2.25. The Hall–Kier alpha value is -1.55. The van der Waals surface area contributed by atoms with Crippen molar-refractivity contribution < 1.29 is 14.3 Å². The maximum absolute atomic E-state index is 12.2. The Morgan fingerprint density at radius 2 is 2.26 bits per heavy atom. The molecule has 1 atom stereocenters. The average Bonchev–Trinajstić information content (AvgIpc) is 2.37. The van der Waals surface area contributed by atoms with Gasteiger partial charge in [0.25, 0.3) is 5.91 Å². The van der Waals surface area contributed by atoms with Crippen LogP contribution in [0.2, 0.25) is 5.02 Å². The van der Waals surface area contributed by atoms with Crippen molar-refractivity contribution in [3.8, 4) is 5.75 Å². The number of anilines is 1. The SMILES string of the molecule is CCC(C)CC(=O)c1cc2c(cc1Cl)NC(=O)CO2. The molecule has 0 aromatic heterocycles. The number of ether oxygens (including phenoxy) is 1. The third-order valence-corrected chi connectivity index (χ3v) is 3.55. The molecule has 19 heavy (non-hydrogen) atoms. The number of halogens is 1. The number of hydrogen-bond acceptors (Lipinski definition) is 3. The third-order valence-electron chi connectivity index (χ3n) is 3.23. The van der Waals surface area contributed by atoms with Gasteiger partial charge < -0.3 is 10.1 Å². The van der Waals surface area contributed by atoms with E-state index in [9.17, 15) is 9.59 Å². The molecule has 1 heterocycles. The average molecular weight is 282 g/mol. The van der Waals surface area contributed by atoms with Crippen LogP contribution in [-0.2, 0) is 4.79 Å². The summed E-state index contributed by atoms with van der Waals surface area (Å²) in [5.74, 6) is 0.599. The van der Waals surface area contributed by atoms with Gasteiger partial charge in [0.2, 0.25) is 0 Å². The summed E-state index contributed by atoms with van der Waals surface area (Å²) < 4.78 is 5.29. The Morgan fingerprint density at radius 1 is 1.53 bits per heavy atom. The second kappa shape index (κ2) is 5.61. The molecule has 4 nitrogen and oxygen atoms in total. The minimum Gasteiger partial charge on any atom is -0.482 e. The number of amides is 1. The highest BCUT2D eigenvalue weighted by Gasteiger charge is 2.21. The molecule has 1 amide bonds. The topological polar surface area (TPSA) is 55.4 Å². The van der Waals surface area contributed by atoms with Gasteiger partial charge in [-0.25, -0.2) is 0 Å². The molecule has 1 N–H and O–H groups in total. The normalized spacial score (nSPS) is 15.2. The molecule has 1 aromatic carbocycles. The summed E-state index contributed by atoms with van der Waals surface area (Å²) in [4.78, 5) is 23.4. The van der Waals surface area contributed by atoms with Crippen molar-refractivity contribution in [1.82, 2.24) is 0 Å². The maximum Gasteiger partial charge on any atom is 0.262 e. The minimum absolute atomic E-state index is 0.00245. The Labute approximate surface area is 117 Å². The monoisotopic (exact) mass is 281 g/mol. The molecule has 0 bridgehead atoms. The van der Waals surface area contributed by atoms with E-state index in [1.165, 1.54) is 0 Å². The van der Waals surface area contributed by atoms with Crippen molar-refractivity contribution in [2.45, 2.75) is 26.7 Å². The first kappa shape index (κ1) is 13.9. The molecule has 1 aromatic rings. The largest absolute Gasteiger partial charge is 0.482 e. The van der Waals surface area contributed by atoms with Gasteiger partial charge in [-0.15, -0.1) is 0 Å². The summed E-state index contributed by atoms with van der Waals surface area (Å²) in [6.45, 7) is 4.04. The fourth-order valence-electron chi connectivity index (χ4n) is 1.88. The van der Waals surface area contributed by atoms with Crippen molar-refractivity contribution in [1.29, 1.82) is 0 Å². The highest BCUT2D eigenvalue weighted by atomic mass is 35.5. The molecular formula is C14H16ClNO3. The number of nitrogens with one attached hydrogen (secondary N) is 1. The predicted octanol–water partition coefficient (Wildman–Crippen LogP) is 3.29. The molecule has 102 valence electrons. The number of Topliss-reactive ketones (excluding diaryl/α,β-unsaturated/α-hetero) is 1. The molecule has 0 spiro atoms. The van der Waals surface area contributed by atoms with Gasteiger partial charge in [-0.3, -0.25) is 9.59 Å². The molecule has 1 aliphatic rings. The van der Waals surface area contributed by atoms with Crippen LogP contribution in [0.1, 0.15) is 37.0 Å². The first-order valence-electron chi connectivity index (χ1n) is 6.30. The highest BCUT2D eigenvalue weighted by molar-refractivity contribution is 6.34. The standard InChI is InChI=1S/C14H16ClNO3/c1-3-8(2)4-12(17)9-5-13-11(6-10(9)15)16-14(18)7-19-13/h5-6,8H,3-4,7H2,1-2H3,(H,16,18). The Balaban J connectivity index is 2.27. The van der Waals surface area contributed by atoms with Crippen LogP contribution in [0.4, 0.5) is 5.69 Å². The molecule has 1 unspecified atom stereocenters. The Kier molecular flexibility index (Phi) is 4.10. The second-order valence-corrected chi connectivity index (χ2v) is 5.21. The number of hydrogen-bond donors (Lipinski definition) is 1. The number of carbonyl (C=O) groups is 2. The summed E-state index contributed by atoms with van der Waals surface area (Å²) >= 11 is 6.10. The summed E-state index contributed by atoms with van der Waals surface area (Å²) in [5, 5.41) is 3.00. The molecular weight excluding hydrogens is 266 g/mol. The zero-order valence-electron chi connectivity index (χ0n) is 11.0. The minimum atomic E-state index is -0.220. The van der Waals surface area contributed by atoms with Crippen LogP contribution >= 0.6 is 11.6 Å². The lowest BCUT2D eigenvalue weighted by Gasteiger charge is -2.19. The molecule has 0 radical (unpaired) electrons. The van der Waals surface area contributed by atoms with Crippen LogP contribution in [0.15, 0.2) is 12.1 Å². The van der Waals surface area contributed by atoms with Crippen molar-refractivity contribution in [2.24, 2.45) is 5.92 Å². The lowest BCUT2D eigenvalue weighted by molar-refractivity contribution is -0.118. The van der Waals surface area contributed by atoms with Crippen molar-refractivity contribution in [2.75, 3.05) is 11.9 Å². The lowest BCUT2D eigenvalue weighted by atomic mass is 9.97. The van der Waals surface area contributed by atoms with Gasteiger partial charge in [-0.2, -0.15) is 0 Å². The van der Waals surface area contributed by atoms with Gasteiger partial charge in [0.05, 0.1) is 10.7 Å². The summed E-state index contributed by atoms with van der Waals surface area (Å²) in [6, 6.07) is 3.18. The van der Waals surface area contributed by atoms with E-state index in [2.05, 4.69) is 5.32 Å². The highest BCUT2D eigenvalue weighted by Crippen LogP contribution is 2.34. The maximum atomic E-state index is 12.2. The summed E-state index contributed by atoms with van der Waals surface area (Å²) in [7, 11) is 0. The van der Waals surface area contributed by atoms with Crippen LogP contribution in [-0.4, -0.2) is 18.3 Å². The molecule has 5 heteroatoms. The van der Waals surface area contributed by atoms with Crippen molar-refractivity contribution in [3.63, 3.8) is 0 Å². The van der Waals surface area contributed by atoms with Crippen LogP contribution in [0.5, 0.6) is 5.75 Å². The fraction of sp³-hybridized carbons (Fsp3) is 0.429. The first-order valence-corrected chi connectivity index (χ1v) is 6.68. The van der Waals surface area contributed by atoms with Crippen LogP contribution in [0.25, 0.3) is 0 Å². The number of fused-ring (bicyclic) bond motifs is 1. The number of rotatable bonds is 4. The first-order chi connectivity index (χ1) is 9.01. The van der Waals surface area contributed by atoms with E-state index >= 15 is 0 Å². The number of ketones is 1. The van der Waals surface area contributed by atoms with E-state index in [0.29, 0.717) is 34.4 Å². The van der Waals surface area contributed by atoms with Gasteiger partial charge in [-0.05, 0) is 18.1 Å². The molecule has 0 saturated carbocycles. The van der Waals surface area contributed by atoms with Gasteiger partial charge in [-0.1, -0.05) is 31.9 Å². The molecule has 1 aliphatic heterocycles. The zero-order valence-corrected chi connectivity index (χ0v) is 11.7. The van der Waals surface area contributed by atoms with Crippen molar-refractivity contribution in [3.05, 3.63) is 22.7 Å². The summed E-state index contributed by atoms with van der Waals surface area (Å²) in [5.41, 5.74) is 0.971. The van der Waals surface area contributed by atoms with Crippen LogP contribution in [0.3, 0.4) is 0 Å². The Morgan fingerprint density at radius 3 is 2.95 bits per heavy atom. The summed E-state index contributed by atoms with van der Waals surface area (Å²) in [6.07, 6.45) is 1.40. The Bertz CT molecular complexity index is 528. The van der Waals surface area contributed by atoms with E-state index in [1.807, 2.05) is 13.8 Å². The zero-order chi connectivity index (χ0) is 14.0. The fourth-order valence-corrected chi connectivity index (χ4v) is 2.15. The van der Waals surface area contributed by atoms with E-state index in [1.54, 1.807) is 12.1 Å². The number of benzene rings is 1. The smallest absolute Gasteiger partial charge is 0.262 e. The molecule has 0 saturated heterocycles. The molecule has 0 fully saturated rings. The third kappa shape index (κ3) is 3.07. The van der Waals surface area contributed by atoms with Crippen LogP contribution in [0, 0.1) is 5.92 Å². The predicted molar refractivity (Wildman–Crippen MR) is 74.0 cm³/mol. The van der Waals surface area contributed by atoms with Gasteiger partial charge in [0.1, 0.15) is 5.75 Å². The van der Waals surface area contributed by atoms with Gasteiger partial charge >= 0.3 is 0 Å².